The summed E-state index contributed by atoms with van der Waals surface area (Å²) in [4.78, 5) is 2.35. The molecule has 0 fully saturated rings. The van der Waals surface area contributed by atoms with Gasteiger partial charge in [0, 0.05) is 16.8 Å². The summed E-state index contributed by atoms with van der Waals surface area (Å²) in [7, 11) is 0. The van der Waals surface area contributed by atoms with Crippen molar-refractivity contribution in [2.24, 2.45) is 0 Å². The van der Waals surface area contributed by atoms with Gasteiger partial charge in [-0.1, -0.05) is 152 Å². The Labute approximate surface area is 302 Å². The molecular weight excluding hydrogens is 631 g/mol. The average molecular weight is 664 g/mol. The first-order chi connectivity index (χ1) is 25.8. The lowest BCUT2D eigenvalue weighted by Gasteiger charge is -2.26. The largest absolute Gasteiger partial charge is 0.456 e. The molecule has 0 aliphatic carbocycles. The van der Waals surface area contributed by atoms with Crippen LogP contribution in [-0.2, 0) is 0 Å². The number of hydrogen-bond acceptors (Lipinski definition) is 2. The van der Waals surface area contributed by atoms with Gasteiger partial charge in [0.2, 0.25) is 0 Å². The molecule has 0 spiro atoms. The zero-order valence-electron chi connectivity index (χ0n) is 28.4. The number of fused-ring (bicyclic) bond motifs is 5. The van der Waals surface area contributed by atoms with E-state index in [1.807, 2.05) is 12.1 Å². The van der Waals surface area contributed by atoms with Gasteiger partial charge in [-0.2, -0.15) is 0 Å². The average Bonchev–Trinajstić information content (AvgIpc) is 3.61. The molecule has 244 valence electrons. The molecule has 10 aromatic rings. The van der Waals surface area contributed by atoms with E-state index in [0.717, 1.165) is 39.0 Å². The van der Waals surface area contributed by atoms with Crippen molar-refractivity contribution in [3.8, 4) is 33.4 Å². The van der Waals surface area contributed by atoms with Crippen molar-refractivity contribution in [3.63, 3.8) is 0 Å². The summed E-state index contributed by atoms with van der Waals surface area (Å²) in [5.41, 5.74) is 12.3. The number of anilines is 3. The third kappa shape index (κ3) is 5.12. The van der Waals surface area contributed by atoms with E-state index in [1.165, 1.54) is 54.9 Å². The predicted molar refractivity (Wildman–Crippen MR) is 220 cm³/mol. The van der Waals surface area contributed by atoms with E-state index >= 15 is 0 Å². The highest BCUT2D eigenvalue weighted by molar-refractivity contribution is 6.13. The summed E-state index contributed by atoms with van der Waals surface area (Å²) in [6, 6.07) is 71.7. The maximum atomic E-state index is 6.35. The maximum absolute atomic E-state index is 6.35. The lowest BCUT2D eigenvalue weighted by Crippen LogP contribution is -2.10. The molecule has 2 heteroatoms. The lowest BCUT2D eigenvalue weighted by molar-refractivity contribution is 0.669. The summed E-state index contributed by atoms with van der Waals surface area (Å²) in [5, 5.41) is 7.19. The number of nitrogens with zero attached hydrogens (tertiary/aromatic N) is 1. The third-order valence-electron chi connectivity index (χ3n) is 10.3. The van der Waals surface area contributed by atoms with E-state index in [1.54, 1.807) is 0 Å². The lowest BCUT2D eigenvalue weighted by atomic mass is 9.95. The predicted octanol–water partition coefficient (Wildman–Crippen LogP) is 14.4. The van der Waals surface area contributed by atoms with E-state index in [2.05, 4.69) is 193 Å². The minimum absolute atomic E-state index is 0.874. The Morgan fingerprint density at radius 1 is 0.327 bits per heavy atom. The highest BCUT2D eigenvalue weighted by Crippen LogP contribution is 2.44. The zero-order valence-corrected chi connectivity index (χ0v) is 28.4. The van der Waals surface area contributed by atoms with E-state index in [-0.39, 0.29) is 0 Å². The molecule has 0 bridgehead atoms. The number of benzene rings is 9. The van der Waals surface area contributed by atoms with Crippen LogP contribution >= 0.6 is 0 Å². The van der Waals surface area contributed by atoms with Crippen LogP contribution in [0.3, 0.4) is 0 Å². The molecular formula is C50H33NO. The second-order valence-electron chi connectivity index (χ2n) is 13.3. The highest BCUT2D eigenvalue weighted by Gasteiger charge is 2.20. The molecule has 0 saturated carbocycles. The molecule has 0 radical (unpaired) electrons. The van der Waals surface area contributed by atoms with Gasteiger partial charge in [-0.3, -0.25) is 0 Å². The molecule has 52 heavy (non-hydrogen) atoms. The number of para-hydroxylation sites is 1. The minimum atomic E-state index is 0.874. The van der Waals surface area contributed by atoms with Crippen LogP contribution in [0.15, 0.2) is 205 Å². The molecule has 10 rings (SSSR count). The molecule has 0 aliphatic rings. The fraction of sp³-hybridized carbons (Fsp3) is 0. The first kappa shape index (κ1) is 30.0. The number of furan rings is 1. The summed E-state index contributed by atoms with van der Waals surface area (Å²) < 4.78 is 6.35. The van der Waals surface area contributed by atoms with Crippen LogP contribution in [-0.4, -0.2) is 0 Å². The van der Waals surface area contributed by atoms with Gasteiger partial charge in [-0.15, -0.1) is 0 Å². The minimum Gasteiger partial charge on any atom is -0.456 e. The van der Waals surface area contributed by atoms with Crippen molar-refractivity contribution in [3.05, 3.63) is 200 Å². The third-order valence-corrected chi connectivity index (χ3v) is 10.3. The van der Waals surface area contributed by atoms with Crippen LogP contribution in [0.4, 0.5) is 17.1 Å². The monoisotopic (exact) mass is 663 g/mol. The molecule has 2 nitrogen and oxygen atoms in total. The molecule has 0 N–H and O–H groups in total. The molecule has 0 aliphatic heterocycles. The quantitative estimate of drug-likeness (QED) is 0.176. The Balaban J connectivity index is 1.08. The molecule has 1 aromatic heterocycles. The van der Waals surface area contributed by atoms with Gasteiger partial charge in [-0.25, -0.2) is 0 Å². The normalized spacial score (nSPS) is 11.5. The maximum Gasteiger partial charge on any atom is 0.137 e. The standard InChI is InChI=1S/C50H33NO/c1-2-11-35(12-3-1)43-19-9-15-39-33-38(27-32-45(39)43)34-23-28-40(29-24-34)51(47-20-10-22-49-50(47)46-17-6-7-21-48(46)52-49)41-30-25-37(26-31-41)44-18-8-14-36-13-4-5-16-42(36)44/h1-33H. The Morgan fingerprint density at radius 2 is 0.865 bits per heavy atom. The van der Waals surface area contributed by atoms with Crippen LogP contribution in [0.5, 0.6) is 0 Å². The SMILES string of the molecule is c1ccc(-c2cccc3cc(-c4ccc(N(c5ccc(-c6cccc7ccccc67)cc5)c5cccc6oc7ccccc7c56)cc4)ccc23)cc1. The van der Waals surface area contributed by atoms with Gasteiger partial charge < -0.3 is 9.32 Å². The van der Waals surface area contributed by atoms with Gasteiger partial charge in [0.25, 0.3) is 0 Å². The molecule has 0 saturated heterocycles. The molecule has 1 heterocycles. The summed E-state index contributed by atoms with van der Waals surface area (Å²) in [6.07, 6.45) is 0. The van der Waals surface area contributed by atoms with Crippen molar-refractivity contribution >= 4 is 60.5 Å². The zero-order chi connectivity index (χ0) is 34.4. The second-order valence-corrected chi connectivity index (χ2v) is 13.3. The van der Waals surface area contributed by atoms with E-state index in [4.69, 9.17) is 4.42 Å². The molecule has 0 unspecified atom stereocenters. The van der Waals surface area contributed by atoms with Crippen LogP contribution in [0, 0.1) is 0 Å². The van der Waals surface area contributed by atoms with E-state index in [0.29, 0.717) is 0 Å². The van der Waals surface area contributed by atoms with E-state index < -0.39 is 0 Å². The molecule has 9 aromatic carbocycles. The van der Waals surface area contributed by atoms with Gasteiger partial charge in [0.15, 0.2) is 0 Å². The first-order valence-corrected chi connectivity index (χ1v) is 17.8. The van der Waals surface area contributed by atoms with Crippen molar-refractivity contribution < 1.29 is 4.42 Å². The van der Waals surface area contributed by atoms with E-state index in [9.17, 15) is 0 Å². The summed E-state index contributed by atoms with van der Waals surface area (Å²) in [6.45, 7) is 0. The van der Waals surface area contributed by atoms with Gasteiger partial charge in [0.05, 0.1) is 11.1 Å². The molecule has 0 amide bonds. The van der Waals surface area contributed by atoms with Crippen molar-refractivity contribution in [1.82, 2.24) is 0 Å². The van der Waals surface area contributed by atoms with Crippen LogP contribution in [0.2, 0.25) is 0 Å². The molecule has 0 atom stereocenters. The van der Waals surface area contributed by atoms with Crippen LogP contribution in [0.1, 0.15) is 0 Å². The Hall–Kier alpha value is -6.90. The first-order valence-electron chi connectivity index (χ1n) is 17.8. The Kier molecular flexibility index (Phi) is 7.18. The highest BCUT2D eigenvalue weighted by atomic mass is 16.3. The van der Waals surface area contributed by atoms with Gasteiger partial charge in [0.1, 0.15) is 11.2 Å². The van der Waals surface area contributed by atoms with Crippen molar-refractivity contribution in [2.75, 3.05) is 4.90 Å². The van der Waals surface area contributed by atoms with Crippen molar-refractivity contribution in [2.45, 2.75) is 0 Å². The Morgan fingerprint density at radius 3 is 1.63 bits per heavy atom. The fourth-order valence-corrected chi connectivity index (χ4v) is 7.77. The summed E-state index contributed by atoms with van der Waals surface area (Å²) in [5.74, 6) is 0. The summed E-state index contributed by atoms with van der Waals surface area (Å²) >= 11 is 0. The topological polar surface area (TPSA) is 16.4 Å². The van der Waals surface area contributed by atoms with Crippen molar-refractivity contribution in [1.29, 1.82) is 0 Å². The fourth-order valence-electron chi connectivity index (χ4n) is 7.77. The van der Waals surface area contributed by atoms with Crippen LogP contribution < -0.4 is 4.90 Å². The van der Waals surface area contributed by atoms with Gasteiger partial charge >= 0.3 is 0 Å². The smallest absolute Gasteiger partial charge is 0.137 e. The van der Waals surface area contributed by atoms with Crippen LogP contribution in [0.25, 0.3) is 76.9 Å². The number of rotatable bonds is 6. The van der Waals surface area contributed by atoms with Gasteiger partial charge in [-0.05, 0) is 103 Å². The number of hydrogen-bond donors (Lipinski definition) is 0. The second kappa shape index (κ2) is 12.5. The Bertz CT molecular complexity index is 2880.